The van der Waals surface area contributed by atoms with Crippen molar-refractivity contribution in [2.75, 3.05) is 18.6 Å². The molecule has 1 spiro atoms. The molecule has 0 unspecified atom stereocenters. The molecule has 1 aromatic carbocycles. The number of fused-ring (bicyclic) bond motifs is 2. The van der Waals surface area contributed by atoms with Crippen LogP contribution in [0.3, 0.4) is 0 Å². The molecule has 9 heteroatoms. The maximum absolute atomic E-state index is 13.8. The first-order valence-electron chi connectivity index (χ1n) is 9.18. The molecule has 0 saturated carbocycles. The van der Waals surface area contributed by atoms with E-state index in [1.807, 2.05) is 6.07 Å². The van der Waals surface area contributed by atoms with Gasteiger partial charge in [0.2, 0.25) is 11.8 Å². The van der Waals surface area contributed by atoms with Gasteiger partial charge in [-0.1, -0.05) is 18.2 Å². The SMILES string of the molecule is COC(=O)CN1C(=O)[C@@]2(C(C#N)=C(N)OC(C)=C2C(=O)OC(C)C)c2ccccc21. The number of nitrogens with two attached hydrogens (primary N) is 1. The zero-order valence-corrected chi connectivity index (χ0v) is 17.0. The number of rotatable bonds is 4. The van der Waals surface area contributed by atoms with E-state index >= 15 is 0 Å². The molecular formula is C21H21N3O6. The molecule has 0 aromatic heterocycles. The Bertz CT molecular complexity index is 1050. The third-order valence-electron chi connectivity index (χ3n) is 4.95. The summed E-state index contributed by atoms with van der Waals surface area (Å²) < 4.78 is 15.5. The highest BCUT2D eigenvalue weighted by Gasteiger charge is 2.62. The molecule has 0 saturated heterocycles. The van der Waals surface area contributed by atoms with Gasteiger partial charge in [-0.3, -0.25) is 14.5 Å². The Morgan fingerprint density at radius 1 is 1.33 bits per heavy atom. The van der Waals surface area contributed by atoms with Gasteiger partial charge < -0.3 is 19.9 Å². The van der Waals surface area contributed by atoms with E-state index < -0.39 is 35.9 Å². The van der Waals surface area contributed by atoms with Gasteiger partial charge in [0.1, 0.15) is 29.5 Å². The maximum atomic E-state index is 13.8. The predicted molar refractivity (Wildman–Crippen MR) is 104 cm³/mol. The summed E-state index contributed by atoms with van der Waals surface area (Å²) in [4.78, 5) is 40.1. The highest BCUT2D eigenvalue weighted by molar-refractivity contribution is 6.19. The molecular weight excluding hydrogens is 390 g/mol. The number of hydrogen-bond acceptors (Lipinski definition) is 8. The van der Waals surface area contributed by atoms with Crippen LogP contribution in [-0.4, -0.2) is 37.6 Å². The van der Waals surface area contributed by atoms with Crippen LogP contribution < -0.4 is 10.6 Å². The Hall–Kier alpha value is -3.80. The summed E-state index contributed by atoms with van der Waals surface area (Å²) in [5.74, 6) is -2.41. The third-order valence-corrected chi connectivity index (χ3v) is 4.95. The smallest absolute Gasteiger partial charge is 0.339 e. The summed E-state index contributed by atoms with van der Waals surface area (Å²) in [6.07, 6.45) is -0.485. The van der Waals surface area contributed by atoms with Crippen LogP contribution >= 0.6 is 0 Å². The van der Waals surface area contributed by atoms with E-state index in [4.69, 9.17) is 19.9 Å². The van der Waals surface area contributed by atoms with Gasteiger partial charge in [0.05, 0.1) is 13.2 Å². The van der Waals surface area contributed by atoms with Gasteiger partial charge in [-0.25, -0.2) is 4.79 Å². The molecule has 1 aromatic rings. The second kappa shape index (κ2) is 7.55. The van der Waals surface area contributed by atoms with Crippen LogP contribution in [0.25, 0.3) is 0 Å². The van der Waals surface area contributed by atoms with Crippen molar-refractivity contribution in [3.8, 4) is 6.07 Å². The van der Waals surface area contributed by atoms with Gasteiger partial charge >= 0.3 is 11.9 Å². The molecule has 1 atom stereocenters. The van der Waals surface area contributed by atoms with E-state index in [9.17, 15) is 19.6 Å². The van der Waals surface area contributed by atoms with Crippen molar-refractivity contribution in [1.82, 2.24) is 0 Å². The molecule has 3 rings (SSSR count). The molecule has 0 radical (unpaired) electrons. The van der Waals surface area contributed by atoms with E-state index in [0.717, 1.165) is 0 Å². The fourth-order valence-electron chi connectivity index (χ4n) is 3.84. The minimum atomic E-state index is -1.89. The number of anilines is 1. The van der Waals surface area contributed by atoms with Crippen LogP contribution in [-0.2, 0) is 34.0 Å². The zero-order valence-electron chi connectivity index (χ0n) is 17.0. The summed E-state index contributed by atoms with van der Waals surface area (Å²) in [6, 6.07) is 8.49. The Labute approximate surface area is 173 Å². The highest BCUT2D eigenvalue weighted by Crippen LogP contribution is 2.54. The molecule has 0 fully saturated rings. The fourth-order valence-corrected chi connectivity index (χ4v) is 3.84. The maximum Gasteiger partial charge on any atom is 0.339 e. The van der Waals surface area contributed by atoms with Crippen LogP contribution in [0.4, 0.5) is 5.69 Å². The van der Waals surface area contributed by atoms with Crippen LogP contribution in [0.2, 0.25) is 0 Å². The van der Waals surface area contributed by atoms with E-state index in [1.165, 1.54) is 18.9 Å². The number of esters is 2. The van der Waals surface area contributed by atoms with Crippen molar-refractivity contribution < 1.29 is 28.6 Å². The number of amides is 1. The second-order valence-corrected chi connectivity index (χ2v) is 7.07. The van der Waals surface area contributed by atoms with Gasteiger partial charge in [0.15, 0.2) is 5.41 Å². The average molecular weight is 411 g/mol. The van der Waals surface area contributed by atoms with Crippen molar-refractivity contribution in [3.63, 3.8) is 0 Å². The number of ether oxygens (including phenoxy) is 3. The van der Waals surface area contributed by atoms with Crippen LogP contribution in [0.1, 0.15) is 26.3 Å². The van der Waals surface area contributed by atoms with Gasteiger partial charge in [0.25, 0.3) is 0 Å². The van der Waals surface area contributed by atoms with Gasteiger partial charge in [0, 0.05) is 11.3 Å². The number of carbonyl (C=O) groups is 3. The molecule has 30 heavy (non-hydrogen) atoms. The first kappa shape index (κ1) is 20.9. The molecule has 1 amide bonds. The summed E-state index contributed by atoms with van der Waals surface area (Å²) >= 11 is 0. The van der Waals surface area contributed by atoms with Crippen molar-refractivity contribution in [1.29, 1.82) is 5.26 Å². The van der Waals surface area contributed by atoms with Crippen molar-refractivity contribution in [3.05, 3.63) is 52.6 Å². The number of hydrogen-bond donors (Lipinski definition) is 1. The molecule has 0 bridgehead atoms. The quantitative estimate of drug-likeness (QED) is 0.735. The standard InChI is InChI=1S/C21H21N3O6/c1-11(2)29-19(26)17-12(3)30-18(23)14(9-22)21(17)13-7-5-6-8-15(13)24(20(21)27)10-16(25)28-4/h5-8,11H,10,23H2,1-4H3/t21-/m1/s1. The van der Waals surface area contributed by atoms with Crippen LogP contribution in [0.5, 0.6) is 0 Å². The van der Waals surface area contributed by atoms with Crippen molar-refractivity contribution >= 4 is 23.5 Å². The number of benzene rings is 1. The minimum absolute atomic E-state index is 0.0419. The summed E-state index contributed by atoms with van der Waals surface area (Å²) in [6.45, 7) is 4.39. The number of para-hydroxylation sites is 1. The number of allylic oxidation sites excluding steroid dienone is 1. The molecule has 2 heterocycles. The van der Waals surface area contributed by atoms with Crippen LogP contribution in [0, 0.1) is 11.3 Å². The monoisotopic (exact) mass is 411 g/mol. The Morgan fingerprint density at radius 2 is 2.00 bits per heavy atom. The first-order chi connectivity index (χ1) is 14.2. The van der Waals surface area contributed by atoms with E-state index in [1.54, 1.807) is 38.1 Å². The van der Waals surface area contributed by atoms with Crippen molar-refractivity contribution in [2.24, 2.45) is 5.73 Å². The predicted octanol–water partition coefficient (Wildman–Crippen LogP) is 1.39. The highest BCUT2D eigenvalue weighted by atomic mass is 16.5. The lowest BCUT2D eigenvalue weighted by Crippen LogP contribution is -2.49. The molecule has 2 N–H and O–H groups in total. The lowest BCUT2D eigenvalue weighted by Gasteiger charge is -2.34. The van der Waals surface area contributed by atoms with Gasteiger partial charge in [-0.15, -0.1) is 0 Å². The van der Waals surface area contributed by atoms with Crippen LogP contribution in [0.15, 0.2) is 47.1 Å². The fraction of sp³-hybridized carbons (Fsp3) is 0.333. The number of nitrogens with zero attached hydrogens (tertiary/aromatic N) is 2. The molecule has 2 aliphatic rings. The molecule has 9 nitrogen and oxygen atoms in total. The van der Waals surface area contributed by atoms with Gasteiger partial charge in [-0.2, -0.15) is 5.26 Å². The minimum Gasteiger partial charge on any atom is -0.468 e. The Balaban J connectivity index is 2.35. The zero-order chi connectivity index (χ0) is 22.2. The Kier molecular flexibility index (Phi) is 5.27. The summed E-state index contributed by atoms with van der Waals surface area (Å²) in [5.41, 5.74) is 4.39. The van der Waals surface area contributed by atoms with E-state index in [0.29, 0.717) is 11.3 Å². The number of methoxy groups -OCH3 is 1. The largest absolute Gasteiger partial charge is 0.468 e. The van der Waals surface area contributed by atoms with E-state index in [-0.39, 0.29) is 22.8 Å². The van der Waals surface area contributed by atoms with Crippen molar-refractivity contribution in [2.45, 2.75) is 32.3 Å². The second-order valence-electron chi connectivity index (χ2n) is 7.07. The number of nitriles is 1. The topological polar surface area (TPSA) is 132 Å². The lowest BCUT2D eigenvalue weighted by molar-refractivity contribution is -0.145. The normalized spacial score (nSPS) is 20.3. The lowest BCUT2D eigenvalue weighted by atomic mass is 9.68. The first-order valence-corrected chi connectivity index (χ1v) is 9.18. The Morgan fingerprint density at radius 3 is 2.60 bits per heavy atom. The van der Waals surface area contributed by atoms with E-state index in [2.05, 4.69) is 0 Å². The summed E-state index contributed by atoms with van der Waals surface area (Å²) in [7, 11) is 1.20. The van der Waals surface area contributed by atoms with Gasteiger partial charge in [-0.05, 0) is 26.8 Å². The third kappa shape index (κ3) is 2.88. The molecule has 2 aliphatic heterocycles. The average Bonchev–Trinajstić information content (AvgIpc) is 2.91. The number of carbonyl (C=O) groups excluding carboxylic acids is 3. The molecule has 0 aliphatic carbocycles. The molecule has 156 valence electrons. The summed E-state index contributed by atoms with van der Waals surface area (Å²) in [5, 5.41) is 9.91.